The van der Waals surface area contributed by atoms with Crippen molar-refractivity contribution in [2.45, 2.75) is 13.3 Å². The molecule has 1 aromatic carbocycles. The van der Waals surface area contributed by atoms with Gasteiger partial charge in [-0.2, -0.15) is 0 Å². The van der Waals surface area contributed by atoms with Gasteiger partial charge < -0.3 is 9.72 Å². The summed E-state index contributed by atoms with van der Waals surface area (Å²) < 4.78 is 40.2. The SMILES string of the molecule is Cc1cc(=O)cc(-c2cccc(OC(F)(F)F)c2)[nH]1. The Kier molecular flexibility index (Phi) is 3.33. The number of hydrogen-bond acceptors (Lipinski definition) is 2. The molecule has 0 aliphatic heterocycles. The molecule has 0 spiro atoms. The number of alkyl halides is 3. The second-order valence-electron chi connectivity index (χ2n) is 3.99. The second-order valence-corrected chi connectivity index (χ2v) is 3.99. The van der Waals surface area contributed by atoms with Crippen molar-refractivity contribution >= 4 is 0 Å². The number of hydrogen-bond donors (Lipinski definition) is 1. The van der Waals surface area contributed by atoms with E-state index in [2.05, 4.69) is 9.72 Å². The zero-order chi connectivity index (χ0) is 14.0. The highest BCUT2D eigenvalue weighted by molar-refractivity contribution is 5.61. The van der Waals surface area contributed by atoms with Crippen molar-refractivity contribution in [2.24, 2.45) is 0 Å². The first-order chi connectivity index (χ1) is 8.83. The lowest BCUT2D eigenvalue weighted by molar-refractivity contribution is -0.274. The van der Waals surface area contributed by atoms with Crippen molar-refractivity contribution < 1.29 is 17.9 Å². The molecule has 2 aromatic rings. The highest BCUT2D eigenvalue weighted by atomic mass is 19.4. The third-order valence-corrected chi connectivity index (χ3v) is 2.36. The van der Waals surface area contributed by atoms with Crippen molar-refractivity contribution in [3.05, 3.63) is 52.3 Å². The van der Waals surface area contributed by atoms with Crippen molar-refractivity contribution in [3.8, 4) is 17.0 Å². The van der Waals surface area contributed by atoms with Gasteiger partial charge in [-0.15, -0.1) is 13.2 Å². The van der Waals surface area contributed by atoms with Crippen LogP contribution in [-0.4, -0.2) is 11.3 Å². The van der Waals surface area contributed by atoms with Gasteiger partial charge in [-0.05, 0) is 19.1 Å². The second kappa shape index (κ2) is 4.79. The number of aryl methyl sites for hydroxylation is 1. The van der Waals surface area contributed by atoms with Gasteiger partial charge in [0.2, 0.25) is 0 Å². The van der Waals surface area contributed by atoms with E-state index in [9.17, 15) is 18.0 Å². The fraction of sp³-hybridized carbons (Fsp3) is 0.154. The van der Waals surface area contributed by atoms with E-state index in [0.29, 0.717) is 17.0 Å². The molecule has 0 bridgehead atoms. The average Bonchev–Trinajstić information content (AvgIpc) is 2.25. The molecule has 0 aliphatic rings. The lowest BCUT2D eigenvalue weighted by Gasteiger charge is -2.10. The van der Waals surface area contributed by atoms with Gasteiger partial charge in [0.25, 0.3) is 0 Å². The maximum absolute atomic E-state index is 12.1. The molecule has 100 valence electrons. The largest absolute Gasteiger partial charge is 0.573 e. The van der Waals surface area contributed by atoms with E-state index in [1.54, 1.807) is 13.0 Å². The summed E-state index contributed by atoms with van der Waals surface area (Å²) in [6, 6.07) is 8.16. The minimum absolute atomic E-state index is 0.214. The summed E-state index contributed by atoms with van der Waals surface area (Å²) >= 11 is 0. The summed E-state index contributed by atoms with van der Waals surface area (Å²) in [7, 11) is 0. The van der Waals surface area contributed by atoms with Crippen molar-refractivity contribution in [2.75, 3.05) is 0 Å². The molecule has 0 atom stereocenters. The summed E-state index contributed by atoms with van der Waals surface area (Å²) in [6.45, 7) is 1.70. The summed E-state index contributed by atoms with van der Waals surface area (Å²) in [6.07, 6.45) is -4.74. The quantitative estimate of drug-likeness (QED) is 0.909. The molecule has 0 radical (unpaired) electrons. The van der Waals surface area contributed by atoms with Crippen molar-refractivity contribution in [3.63, 3.8) is 0 Å². The average molecular weight is 269 g/mol. The van der Waals surface area contributed by atoms with Gasteiger partial charge in [-0.25, -0.2) is 0 Å². The number of rotatable bonds is 2. The first-order valence-electron chi connectivity index (χ1n) is 5.41. The molecular weight excluding hydrogens is 259 g/mol. The molecule has 1 N–H and O–H groups in total. The molecular formula is C13H10F3NO2. The fourth-order valence-electron chi connectivity index (χ4n) is 1.70. The molecule has 0 fully saturated rings. The molecule has 0 aliphatic carbocycles. The number of ether oxygens (including phenoxy) is 1. The molecule has 0 saturated heterocycles. The van der Waals surface area contributed by atoms with Crippen LogP contribution in [0.3, 0.4) is 0 Å². The first-order valence-corrected chi connectivity index (χ1v) is 5.41. The number of aromatic nitrogens is 1. The maximum Gasteiger partial charge on any atom is 0.573 e. The van der Waals surface area contributed by atoms with Crippen LogP contribution in [0.1, 0.15) is 5.69 Å². The Balaban J connectivity index is 2.40. The summed E-state index contributed by atoms with van der Waals surface area (Å²) in [5, 5.41) is 0. The van der Waals surface area contributed by atoms with Crippen LogP contribution in [0.25, 0.3) is 11.3 Å². The Labute approximate surface area is 106 Å². The summed E-state index contributed by atoms with van der Waals surface area (Å²) in [4.78, 5) is 14.3. The van der Waals surface area contributed by atoms with Gasteiger partial charge in [-0.3, -0.25) is 4.79 Å². The molecule has 3 nitrogen and oxygen atoms in total. The van der Waals surface area contributed by atoms with Gasteiger partial charge in [0.15, 0.2) is 5.43 Å². The Morgan fingerprint density at radius 3 is 2.53 bits per heavy atom. The lowest BCUT2D eigenvalue weighted by Crippen LogP contribution is -2.17. The van der Waals surface area contributed by atoms with Crippen LogP contribution in [0, 0.1) is 6.92 Å². The van der Waals surface area contributed by atoms with E-state index in [0.717, 1.165) is 0 Å². The molecule has 6 heteroatoms. The minimum Gasteiger partial charge on any atom is -0.406 e. The molecule has 0 saturated carbocycles. The standard InChI is InChI=1S/C13H10F3NO2/c1-8-5-10(18)7-12(17-8)9-3-2-4-11(6-9)19-13(14,15)16/h2-7H,1H3,(H,17,18). The molecule has 1 heterocycles. The number of pyridine rings is 1. The van der Waals surface area contributed by atoms with Crippen LogP contribution in [0.4, 0.5) is 13.2 Å². The van der Waals surface area contributed by atoms with Gasteiger partial charge in [0, 0.05) is 29.1 Å². The molecule has 0 unspecified atom stereocenters. The topological polar surface area (TPSA) is 42.1 Å². The highest BCUT2D eigenvalue weighted by Gasteiger charge is 2.31. The molecule has 19 heavy (non-hydrogen) atoms. The van der Waals surface area contributed by atoms with Crippen LogP contribution in [0.15, 0.2) is 41.2 Å². The summed E-state index contributed by atoms with van der Waals surface area (Å²) in [5.41, 5.74) is 1.30. The smallest absolute Gasteiger partial charge is 0.406 e. The van der Waals surface area contributed by atoms with E-state index in [1.165, 1.54) is 30.3 Å². The van der Waals surface area contributed by atoms with Crippen LogP contribution < -0.4 is 10.2 Å². The Morgan fingerprint density at radius 1 is 1.16 bits per heavy atom. The van der Waals surface area contributed by atoms with E-state index < -0.39 is 6.36 Å². The van der Waals surface area contributed by atoms with Gasteiger partial charge >= 0.3 is 6.36 Å². The van der Waals surface area contributed by atoms with E-state index in [4.69, 9.17) is 0 Å². The first kappa shape index (κ1) is 13.2. The Morgan fingerprint density at radius 2 is 1.89 bits per heavy atom. The number of halogens is 3. The minimum atomic E-state index is -4.74. The Bertz CT molecular complexity index is 647. The number of nitrogens with one attached hydrogen (secondary N) is 1. The van der Waals surface area contributed by atoms with Crippen LogP contribution in [0.5, 0.6) is 5.75 Å². The maximum atomic E-state index is 12.1. The van der Waals surface area contributed by atoms with Crippen molar-refractivity contribution in [1.82, 2.24) is 4.98 Å². The predicted molar refractivity (Wildman–Crippen MR) is 63.9 cm³/mol. The zero-order valence-electron chi connectivity index (χ0n) is 9.91. The highest BCUT2D eigenvalue weighted by Crippen LogP contribution is 2.26. The molecule has 0 amide bonds. The predicted octanol–water partition coefficient (Wildman–Crippen LogP) is 3.25. The van der Waals surface area contributed by atoms with Gasteiger partial charge in [-0.1, -0.05) is 12.1 Å². The van der Waals surface area contributed by atoms with E-state index in [-0.39, 0.29) is 11.2 Å². The van der Waals surface area contributed by atoms with Crippen LogP contribution in [-0.2, 0) is 0 Å². The van der Waals surface area contributed by atoms with Crippen LogP contribution in [0.2, 0.25) is 0 Å². The number of aromatic amines is 1. The Hall–Kier alpha value is -2.24. The van der Waals surface area contributed by atoms with Crippen LogP contribution >= 0.6 is 0 Å². The van der Waals surface area contributed by atoms with E-state index >= 15 is 0 Å². The molecule has 1 aromatic heterocycles. The number of benzene rings is 1. The monoisotopic (exact) mass is 269 g/mol. The van der Waals surface area contributed by atoms with Gasteiger partial charge in [0.05, 0.1) is 0 Å². The zero-order valence-corrected chi connectivity index (χ0v) is 9.91. The molecule has 2 rings (SSSR count). The fourth-order valence-corrected chi connectivity index (χ4v) is 1.70. The van der Waals surface area contributed by atoms with Crippen molar-refractivity contribution in [1.29, 1.82) is 0 Å². The third-order valence-electron chi connectivity index (χ3n) is 2.36. The number of H-pyrrole nitrogens is 1. The lowest BCUT2D eigenvalue weighted by atomic mass is 10.1. The van der Waals surface area contributed by atoms with Gasteiger partial charge in [0.1, 0.15) is 5.75 Å². The third kappa shape index (κ3) is 3.61. The normalized spacial score (nSPS) is 11.4. The van der Waals surface area contributed by atoms with E-state index in [1.807, 2.05) is 0 Å². The summed E-state index contributed by atoms with van der Waals surface area (Å²) in [5.74, 6) is -0.327.